The number of anilines is 1. The van der Waals surface area contributed by atoms with Crippen LogP contribution in [-0.4, -0.2) is 41.7 Å². The van der Waals surface area contributed by atoms with E-state index in [1.165, 1.54) is 23.3 Å². The lowest BCUT2D eigenvalue weighted by atomic mass is 9.95. The van der Waals surface area contributed by atoms with Gasteiger partial charge in [0.05, 0.1) is 17.8 Å². The molecule has 1 aliphatic carbocycles. The number of ether oxygens (including phenoxy) is 1. The van der Waals surface area contributed by atoms with Crippen molar-refractivity contribution in [2.45, 2.75) is 39.0 Å². The number of nitrogens with one attached hydrogen (secondary N) is 1. The first kappa shape index (κ1) is 20.3. The number of carbonyl (C=O) groups excluding carboxylic acids is 3. The summed E-state index contributed by atoms with van der Waals surface area (Å²) in [7, 11) is 0. The zero-order valence-electron chi connectivity index (χ0n) is 16.8. The van der Waals surface area contributed by atoms with Crippen molar-refractivity contribution < 1.29 is 19.1 Å². The molecule has 156 valence electrons. The van der Waals surface area contributed by atoms with E-state index in [1.54, 1.807) is 0 Å². The zero-order chi connectivity index (χ0) is 21.1. The van der Waals surface area contributed by atoms with Crippen LogP contribution in [-0.2, 0) is 27.2 Å². The van der Waals surface area contributed by atoms with Crippen molar-refractivity contribution >= 4 is 39.8 Å². The van der Waals surface area contributed by atoms with Gasteiger partial charge in [0.1, 0.15) is 5.00 Å². The predicted molar refractivity (Wildman–Crippen MR) is 115 cm³/mol. The van der Waals surface area contributed by atoms with Gasteiger partial charge in [-0.15, -0.1) is 11.3 Å². The zero-order valence-corrected chi connectivity index (χ0v) is 17.6. The summed E-state index contributed by atoms with van der Waals surface area (Å²) in [6, 6.07) is 9.70. The predicted octanol–water partition coefficient (Wildman–Crippen LogP) is 3.38. The Bertz CT molecular complexity index is 1010. The second kappa shape index (κ2) is 8.79. The van der Waals surface area contributed by atoms with E-state index >= 15 is 0 Å². The Morgan fingerprint density at radius 1 is 1.13 bits per heavy atom. The van der Waals surface area contributed by atoms with Gasteiger partial charge < -0.3 is 10.1 Å². The number of hydrogen-bond acceptors (Lipinski definition) is 6. The molecule has 4 rings (SSSR count). The molecule has 1 aromatic carbocycles. The number of fused-ring (bicyclic) bond motifs is 1. The van der Waals surface area contributed by atoms with Crippen molar-refractivity contribution in [2.24, 2.45) is 5.10 Å². The summed E-state index contributed by atoms with van der Waals surface area (Å²) in [5.74, 6) is -1.17. The van der Waals surface area contributed by atoms with E-state index < -0.39 is 5.97 Å². The largest absolute Gasteiger partial charge is 0.452 e. The molecule has 0 fully saturated rings. The molecular formula is C22H23N3O4S. The Hall–Kier alpha value is -3.00. The summed E-state index contributed by atoms with van der Waals surface area (Å²) in [5.41, 5.74) is 3.16. The molecule has 0 atom stereocenters. The number of hydrogen-bond donors (Lipinski definition) is 1. The lowest BCUT2D eigenvalue weighted by Gasteiger charge is -2.14. The van der Waals surface area contributed by atoms with Gasteiger partial charge in [-0.1, -0.05) is 30.3 Å². The van der Waals surface area contributed by atoms with Gasteiger partial charge in [-0.25, -0.2) is 9.80 Å². The van der Waals surface area contributed by atoms with E-state index in [-0.39, 0.29) is 18.4 Å². The highest BCUT2D eigenvalue weighted by atomic mass is 32.1. The first-order valence-corrected chi connectivity index (χ1v) is 10.9. The number of esters is 1. The minimum Gasteiger partial charge on any atom is -0.452 e. The number of rotatable bonds is 5. The number of thiophene rings is 1. The van der Waals surface area contributed by atoms with Gasteiger partial charge in [-0.3, -0.25) is 9.59 Å². The highest BCUT2D eigenvalue weighted by Crippen LogP contribution is 2.38. The molecule has 2 aromatic rings. The second-order valence-electron chi connectivity index (χ2n) is 7.35. The fourth-order valence-electron chi connectivity index (χ4n) is 3.77. The van der Waals surface area contributed by atoms with E-state index in [0.717, 1.165) is 47.4 Å². The Balaban J connectivity index is 1.44. The van der Waals surface area contributed by atoms with Crippen LogP contribution in [0.3, 0.4) is 0 Å². The van der Waals surface area contributed by atoms with Gasteiger partial charge in [-0.2, -0.15) is 5.10 Å². The third kappa shape index (κ3) is 4.28. The Morgan fingerprint density at radius 3 is 2.67 bits per heavy atom. The fraction of sp³-hybridized carbons (Fsp3) is 0.364. The summed E-state index contributed by atoms with van der Waals surface area (Å²) in [5, 5.41) is 8.99. The van der Waals surface area contributed by atoms with E-state index in [9.17, 15) is 14.4 Å². The highest BCUT2D eigenvalue weighted by molar-refractivity contribution is 7.17. The molecule has 1 N–H and O–H groups in total. The molecule has 7 nitrogen and oxygen atoms in total. The highest BCUT2D eigenvalue weighted by Gasteiger charge is 2.28. The van der Waals surface area contributed by atoms with Crippen LogP contribution in [0.15, 0.2) is 35.4 Å². The van der Waals surface area contributed by atoms with Gasteiger partial charge in [0, 0.05) is 18.2 Å². The minimum atomic E-state index is -0.571. The maximum atomic E-state index is 12.8. The van der Waals surface area contributed by atoms with E-state index in [4.69, 9.17) is 4.74 Å². The Labute approximate surface area is 178 Å². The molecule has 0 saturated carbocycles. The van der Waals surface area contributed by atoms with Crippen molar-refractivity contribution in [3.8, 4) is 0 Å². The van der Waals surface area contributed by atoms with Gasteiger partial charge in [0.25, 0.3) is 5.91 Å². The maximum Gasteiger partial charge on any atom is 0.341 e. The third-order valence-electron chi connectivity index (χ3n) is 5.19. The quantitative estimate of drug-likeness (QED) is 0.744. The van der Waals surface area contributed by atoms with Crippen LogP contribution in [0.1, 0.15) is 52.5 Å². The third-order valence-corrected chi connectivity index (χ3v) is 6.40. The van der Waals surface area contributed by atoms with E-state index in [2.05, 4.69) is 10.4 Å². The molecule has 0 unspecified atom stereocenters. The van der Waals surface area contributed by atoms with Gasteiger partial charge >= 0.3 is 5.97 Å². The number of amides is 2. The molecule has 0 bridgehead atoms. The topological polar surface area (TPSA) is 88.1 Å². The van der Waals surface area contributed by atoms with Crippen molar-refractivity contribution in [3.63, 3.8) is 0 Å². The SMILES string of the molecule is CC(=O)Nc1sc2c(c1C(=O)OCC(=O)N1CCC(c3ccccc3)=N1)CCCC2. The molecule has 0 radical (unpaired) electrons. The van der Waals surface area contributed by atoms with Crippen LogP contribution in [0.25, 0.3) is 0 Å². The number of carbonyl (C=O) groups is 3. The smallest absolute Gasteiger partial charge is 0.341 e. The van der Waals surface area contributed by atoms with Crippen LogP contribution in [0, 0.1) is 0 Å². The lowest BCUT2D eigenvalue weighted by Crippen LogP contribution is -2.29. The number of benzene rings is 1. The molecule has 1 aliphatic heterocycles. The molecule has 0 saturated heterocycles. The van der Waals surface area contributed by atoms with Gasteiger partial charge in [0.2, 0.25) is 5.91 Å². The van der Waals surface area contributed by atoms with Crippen molar-refractivity contribution in [2.75, 3.05) is 18.5 Å². The fourth-order valence-corrected chi connectivity index (χ4v) is 5.10. The van der Waals surface area contributed by atoms with Crippen LogP contribution in [0.5, 0.6) is 0 Å². The molecule has 2 aliphatic rings. The summed E-state index contributed by atoms with van der Waals surface area (Å²) < 4.78 is 5.35. The first-order valence-electron chi connectivity index (χ1n) is 10.1. The van der Waals surface area contributed by atoms with Gasteiger partial charge in [0.15, 0.2) is 6.61 Å². The molecule has 1 aromatic heterocycles. The average Bonchev–Trinajstić information content (AvgIpc) is 3.37. The summed E-state index contributed by atoms with van der Waals surface area (Å²) in [4.78, 5) is 38.0. The normalized spacial score (nSPS) is 15.4. The monoisotopic (exact) mass is 425 g/mol. The van der Waals surface area contributed by atoms with E-state index in [1.807, 2.05) is 30.3 Å². The van der Waals surface area contributed by atoms with Crippen molar-refractivity contribution in [1.29, 1.82) is 0 Å². The number of nitrogens with zero attached hydrogens (tertiary/aromatic N) is 2. The second-order valence-corrected chi connectivity index (χ2v) is 8.46. The van der Waals surface area contributed by atoms with Crippen molar-refractivity contribution in [3.05, 3.63) is 51.9 Å². The Morgan fingerprint density at radius 2 is 1.90 bits per heavy atom. The van der Waals surface area contributed by atoms with Crippen LogP contribution < -0.4 is 5.32 Å². The molecule has 2 heterocycles. The van der Waals surface area contributed by atoms with Crippen LogP contribution in [0.2, 0.25) is 0 Å². The standard InChI is InChI=1S/C22H23N3O4S/c1-14(26)23-21-20(16-9-5-6-10-18(16)30-21)22(28)29-13-19(27)25-12-11-17(24-25)15-7-3-2-4-8-15/h2-4,7-8H,5-6,9-13H2,1H3,(H,23,26). The molecule has 8 heteroatoms. The molecule has 0 spiro atoms. The molecule has 30 heavy (non-hydrogen) atoms. The number of aryl methyl sites for hydroxylation is 1. The van der Waals surface area contributed by atoms with E-state index in [0.29, 0.717) is 23.5 Å². The van der Waals surface area contributed by atoms with Gasteiger partial charge in [-0.05, 0) is 36.8 Å². The average molecular weight is 426 g/mol. The first-order chi connectivity index (χ1) is 14.5. The molecule has 2 amide bonds. The Kier molecular flexibility index (Phi) is 5.94. The minimum absolute atomic E-state index is 0.237. The summed E-state index contributed by atoms with van der Waals surface area (Å²) in [6.07, 6.45) is 4.39. The van der Waals surface area contributed by atoms with Crippen LogP contribution >= 0.6 is 11.3 Å². The summed E-state index contributed by atoms with van der Waals surface area (Å²) >= 11 is 1.43. The lowest BCUT2D eigenvalue weighted by molar-refractivity contribution is -0.134. The molecular weight excluding hydrogens is 402 g/mol. The maximum absolute atomic E-state index is 12.8. The summed E-state index contributed by atoms with van der Waals surface area (Å²) in [6.45, 7) is 1.49. The number of hydrazone groups is 1. The van der Waals surface area contributed by atoms with Crippen molar-refractivity contribution in [1.82, 2.24) is 5.01 Å². The van der Waals surface area contributed by atoms with Crippen LogP contribution in [0.4, 0.5) is 5.00 Å².